The third kappa shape index (κ3) is 1.46. The van der Waals surface area contributed by atoms with E-state index in [4.69, 9.17) is 0 Å². The number of rotatable bonds is 2. The summed E-state index contributed by atoms with van der Waals surface area (Å²) in [6.07, 6.45) is 7.23. The molecular weight excluding hydrogens is 174 g/mol. The molecule has 1 aromatic heterocycles. The predicted octanol–water partition coefficient (Wildman–Crippen LogP) is 1.26. The molecule has 2 aliphatic rings. The van der Waals surface area contributed by atoms with Crippen molar-refractivity contribution in [3.8, 4) is 0 Å². The molecule has 0 spiro atoms. The molecule has 0 radical (unpaired) electrons. The number of aromatic nitrogens is 2. The molecule has 3 nitrogen and oxygen atoms in total. The molecule has 0 bridgehead atoms. The van der Waals surface area contributed by atoms with Crippen molar-refractivity contribution in [1.82, 2.24) is 14.9 Å². The molecule has 1 aromatic rings. The highest BCUT2D eigenvalue weighted by Gasteiger charge is 2.27. The van der Waals surface area contributed by atoms with E-state index in [0.717, 1.165) is 19.0 Å². The van der Waals surface area contributed by atoms with Gasteiger partial charge in [-0.25, -0.2) is 4.98 Å². The average Bonchev–Trinajstić information content (AvgIpc) is 2.92. The van der Waals surface area contributed by atoms with E-state index in [1.54, 1.807) is 0 Å². The van der Waals surface area contributed by atoms with Gasteiger partial charge in [0.15, 0.2) is 0 Å². The van der Waals surface area contributed by atoms with Crippen LogP contribution < -0.4 is 5.32 Å². The second kappa shape index (κ2) is 3.09. The maximum absolute atomic E-state index is 4.36. The summed E-state index contributed by atoms with van der Waals surface area (Å²) < 4.78 is 2.35. The van der Waals surface area contributed by atoms with E-state index in [2.05, 4.69) is 21.8 Å². The number of aryl methyl sites for hydroxylation is 1. The lowest BCUT2D eigenvalue weighted by atomic mass is 10.0. The molecule has 3 heteroatoms. The molecular formula is C11H17N3. The molecule has 0 amide bonds. The van der Waals surface area contributed by atoms with Crippen molar-refractivity contribution in [3.05, 3.63) is 17.7 Å². The molecule has 14 heavy (non-hydrogen) atoms. The van der Waals surface area contributed by atoms with Crippen LogP contribution in [0.1, 0.15) is 30.8 Å². The van der Waals surface area contributed by atoms with Gasteiger partial charge in [-0.3, -0.25) is 0 Å². The van der Waals surface area contributed by atoms with E-state index in [1.807, 2.05) is 6.20 Å². The van der Waals surface area contributed by atoms with Crippen LogP contribution in [0.15, 0.2) is 6.20 Å². The van der Waals surface area contributed by atoms with Crippen molar-refractivity contribution in [2.75, 3.05) is 0 Å². The number of nitrogens with zero attached hydrogens (tertiary/aromatic N) is 2. The zero-order valence-electron chi connectivity index (χ0n) is 8.66. The Morgan fingerprint density at radius 1 is 1.36 bits per heavy atom. The lowest BCUT2D eigenvalue weighted by molar-refractivity contribution is 0.394. The van der Waals surface area contributed by atoms with Gasteiger partial charge in [-0.1, -0.05) is 0 Å². The van der Waals surface area contributed by atoms with E-state index < -0.39 is 0 Å². The number of fused-ring (bicyclic) bond motifs is 1. The Morgan fingerprint density at radius 2 is 2.21 bits per heavy atom. The predicted molar refractivity (Wildman–Crippen MR) is 55.2 cm³/mol. The highest BCUT2D eigenvalue weighted by molar-refractivity contribution is 5.09. The molecule has 0 saturated heterocycles. The molecule has 1 atom stereocenters. The molecule has 76 valence electrons. The number of hydrogen-bond acceptors (Lipinski definition) is 2. The SMILES string of the molecule is Cc1ncc2n1CCC(NC1CC1)C2. The van der Waals surface area contributed by atoms with Crippen molar-refractivity contribution in [1.29, 1.82) is 0 Å². The molecule has 1 saturated carbocycles. The lowest BCUT2D eigenvalue weighted by Gasteiger charge is -2.25. The Morgan fingerprint density at radius 3 is 3.00 bits per heavy atom. The molecule has 1 unspecified atom stereocenters. The summed E-state index contributed by atoms with van der Waals surface area (Å²) in [5, 5.41) is 3.70. The maximum atomic E-state index is 4.36. The van der Waals surface area contributed by atoms with Crippen molar-refractivity contribution < 1.29 is 0 Å². The highest BCUT2D eigenvalue weighted by Crippen LogP contribution is 2.23. The number of nitrogens with one attached hydrogen (secondary N) is 1. The van der Waals surface area contributed by atoms with Gasteiger partial charge in [0.05, 0.1) is 0 Å². The van der Waals surface area contributed by atoms with Crippen LogP contribution in [-0.2, 0) is 13.0 Å². The second-order valence-electron chi connectivity index (χ2n) is 4.58. The first-order valence-corrected chi connectivity index (χ1v) is 5.60. The van der Waals surface area contributed by atoms with Crippen LogP contribution in [0, 0.1) is 6.92 Å². The monoisotopic (exact) mass is 191 g/mol. The summed E-state index contributed by atoms with van der Waals surface area (Å²) in [5.74, 6) is 1.17. The molecule has 1 aliphatic carbocycles. The smallest absolute Gasteiger partial charge is 0.105 e. The maximum Gasteiger partial charge on any atom is 0.105 e. The van der Waals surface area contributed by atoms with Crippen LogP contribution in [0.2, 0.25) is 0 Å². The largest absolute Gasteiger partial charge is 0.332 e. The van der Waals surface area contributed by atoms with Gasteiger partial charge >= 0.3 is 0 Å². The van der Waals surface area contributed by atoms with E-state index in [-0.39, 0.29) is 0 Å². The van der Waals surface area contributed by atoms with Gasteiger partial charge in [0.1, 0.15) is 5.82 Å². The van der Waals surface area contributed by atoms with Gasteiger partial charge in [-0.15, -0.1) is 0 Å². The summed E-state index contributed by atoms with van der Waals surface area (Å²) in [4.78, 5) is 4.36. The molecule has 3 rings (SSSR count). The van der Waals surface area contributed by atoms with Gasteiger partial charge in [0.2, 0.25) is 0 Å². The normalized spacial score (nSPS) is 26.2. The molecule has 1 aliphatic heterocycles. The third-order valence-corrected chi connectivity index (χ3v) is 3.34. The van der Waals surface area contributed by atoms with Crippen molar-refractivity contribution in [3.63, 3.8) is 0 Å². The summed E-state index contributed by atoms with van der Waals surface area (Å²) in [6.45, 7) is 3.24. The summed E-state index contributed by atoms with van der Waals surface area (Å²) in [7, 11) is 0. The summed E-state index contributed by atoms with van der Waals surface area (Å²) in [5.41, 5.74) is 1.41. The van der Waals surface area contributed by atoms with Gasteiger partial charge in [-0.2, -0.15) is 0 Å². The average molecular weight is 191 g/mol. The van der Waals surface area contributed by atoms with Crippen LogP contribution >= 0.6 is 0 Å². The van der Waals surface area contributed by atoms with Crippen molar-refractivity contribution >= 4 is 0 Å². The van der Waals surface area contributed by atoms with Crippen LogP contribution in [-0.4, -0.2) is 21.6 Å². The third-order valence-electron chi connectivity index (χ3n) is 3.34. The first-order valence-electron chi connectivity index (χ1n) is 5.60. The van der Waals surface area contributed by atoms with Gasteiger partial charge in [-0.05, 0) is 26.2 Å². The Hall–Kier alpha value is -0.830. The number of imidazole rings is 1. The van der Waals surface area contributed by atoms with E-state index >= 15 is 0 Å². The van der Waals surface area contributed by atoms with E-state index in [1.165, 1.54) is 30.8 Å². The lowest BCUT2D eigenvalue weighted by Crippen LogP contribution is -2.37. The minimum atomic E-state index is 0.700. The summed E-state index contributed by atoms with van der Waals surface area (Å²) >= 11 is 0. The first-order chi connectivity index (χ1) is 6.83. The van der Waals surface area contributed by atoms with Crippen LogP contribution in [0.4, 0.5) is 0 Å². The minimum Gasteiger partial charge on any atom is -0.332 e. The highest BCUT2D eigenvalue weighted by atomic mass is 15.1. The Balaban J connectivity index is 1.72. The zero-order chi connectivity index (χ0) is 9.54. The van der Waals surface area contributed by atoms with Gasteiger partial charge < -0.3 is 9.88 Å². The molecule has 1 N–H and O–H groups in total. The fraction of sp³-hybridized carbons (Fsp3) is 0.727. The Labute approximate surface area is 84.5 Å². The number of hydrogen-bond donors (Lipinski definition) is 1. The Kier molecular flexibility index (Phi) is 1.87. The Bertz CT molecular complexity index is 338. The zero-order valence-corrected chi connectivity index (χ0v) is 8.66. The topological polar surface area (TPSA) is 29.9 Å². The van der Waals surface area contributed by atoms with Gasteiger partial charge in [0, 0.05) is 36.9 Å². The standard InChI is InChI=1S/C11H17N3/c1-8-12-7-11-6-10(4-5-14(8)11)13-9-2-3-9/h7,9-10,13H,2-6H2,1H3. The second-order valence-corrected chi connectivity index (χ2v) is 4.58. The van der Waals surface area contributed by atoms with Gasteiger partial charge in [0.25, 0.3) is 0 Å². The van der Waals surface area contributed by atoms with E-state index in [9.17, 15) is 0 Å². The quantitative estimate of drug-likeness (QED) is 0.762. The molecule has 0 aromatic carbocycles. The van der Waals surface area contributed by atoms with Crippen LogP contribution in [0.3, 0.4) is 0 Å². The van der Waals surface area contributed by atoms with Crippen LogP contribution in [0.5, 0.6) is 0 Å². The van der Waals surface area contributed by atoms with Crippen molar-refractivity contribution in [2.24, 2.45) is 0 Å². The molecule has 1 fully saturated rings. The minimum absolute atomic E-state index is 0.700. The summed E-state index contributed by atoms with van der Waals surface area (Å²) in [6, 6.07) is 1.53. The molecule has 2 heterocycles. The van der Waals surface area contributed by atoms with E-state index in [0.29, 0.717) is 6.04 Å². The van der Waals surface area contributed by atoms with Crippen LogP contribution in [0.25, 0.3) is 0 Å². The first kappa shape index (κ1) is 8.48. The fourth-order valence-electron chi connectivity index (χ4n) is 2.35. The van der Waals surface area contributed by atoms with Crippen molar-refractivity contribution in [2.45, 2.75) is 51.2 Å². The fourth-order valence-corrected chi connectivity index (χ4v) is 2.35.